The lowest BCUT2D eigenvalue weighted by atomic mass is 10.1. The fourth-order valence-electron chi connectivity index (χ4n) is 2.00. The van der Waals surface area contributed by atoms with Crippen LogP contribution >= 0.6 is 0 Å². The number of anilines is 2. The van der Waals surface area contributed by atoms with E-state index in [2.05, 4.69) is 5.32 Å². The van der Waals surface area contributed by atoms with Gasteiger partial charge in [0.2, 0.25) is 5.91 Å². The molecule has 0 saturated carbocycles. The van der Waals surface area contributed by atoms with Gasteiger partial charge in [-0.15, -0.1) is 0 Å². The van der Waals surface area contributed by atoms with Gasteiger partial charge >= 0.3 is 5.97 Å². The van der Waals surface area contributed by atoms with E-state index in [9.17, 15) is 9.59 Å². The van der Waals surface area contributed by atoms with Crippen LogP contribution in [0.15, 0.2) is 48.5 Å². The smallest absolute Gasteiger partial charge is 0.338 e. The Kier molecular flexibility index (Phi) is 5.14. The summed E-state index contributed by atoms with van der Waals surface area (Å²) in [6.07, 6.45) is 0.241. The first kappa shape index (κ1) is 15.6. The maximum Gasteiger partial charge on any atom is 0.338 e. The Morgan fingerprint density at radius 2 is 1.86 bits per heavy atom. The lowest BCUT2D eigenvalue weighted by molar-refractivity contribution is -0.115. The molecule has 22 heavy (non-hydrogen) atoms. The van der Waals surface area contributed by atoms with Crippen molar-refractivity contribution in [2.75, 3.05) is 17.7 Å². The van der Waals surface area contributed by atoms with Crippen LogP contribution in [0.1, 0.15) is 22.8 Å². The molecule has 0 aromatic heterocycles. The number of nitrogens with two attached hydrogens (primary N) is 1. The second-order valence-corrected chi connectivity index (χ2v) is 4.77. The van der Waals surface area contributed by atoms with E-state index in [1.165, 1.54) is 0 Å². The molecule has 2 aromatic rings. The highest BCUT2D eigenvalue weighted by atomic mass is 16.5. The summed E-state index contributed by atoms with van der Waals surface area (Å²) in [4.78, 5) is 23.5. The van der Waals surface area contributed by atoms with E-state index in [0.29, 0.717) is 23.5 Å². The highest BCUT2D eigenvalue weighted by Crippen LogP contribution is 2.12. The van der Waals surface area contributed by atoms with Gasteiger partial charge in [0.05, 0.1) is 18.6 Å². The largest absolute Gasteiger partial charge is 0.462 e. The van der Waals surface area contributed by atoms with E-state index in [-0.39, 0.29) is 18.3 Å². The standard InChI is InChI=1S/C17H18N2O3/c1-2-22-17(21)13-6-8-15(9-7-13)19-16(20)11-12-4-3-5-14(18)10-12/h3-10H,2,11,18H2,1H3,(H,19,20). The summed E-state index contributed by atoms with van der Waals surface area (Å²) in [5.41, 5.74) is 8.24. The fourth-order valence-corrected chi connectivity index (χ4v) is 2.00. The van der Waals surface area contributed by atoms with Gasteiger partial charge in [0.25, 0.3) is 0 Å². The van der Waals surface area contributed by atoms with Crippen LogP contribution in [0.2, 0.25) is 0 Å². The van der Waals surface area contributed by atoms with Crippen molar-refractivity contribution in [2.45, 2.75) is 13.3 Å². The van der Waals surface area contributed by atoms with Gasteiger partial charge in [-0.25, -0.2) is 4.79 Å². The fraction of sp³-hybridized carbons (Fsp3) is 0.176. The summed E-state index contributed by atoms with van der Waals surface area (Å²) in [5.74, 6) is -0.519. The van der Waals surface area contributed by atoms with E-state index in [1.54, 1.807) is 43.3 Å². The van der Waals surface area contributed by atoms with Crippen LogP contribution in [0.4, 0.5) is 11.4 Å². The van der Waals surface area contributed by atoms with Gasteiger partial charge in [-0.1, -0.05) is 12.1 Å². The van der Waals surface area contributed by atoms with Gasteiger partial charge in [-0.2, -0.15) is 0 Å². The quantitative estimate of drug-likeness (QED) is 0.656. The number of hydrogen-bond acceptors (Lipinski definition) is 4. The van der Waals surface area contributed by atoms with Crippen molar-refractivity contribution in [1.82, 2.24) is 0 Å². The van der Waals surface area contributed by atoms with E-state index < -0.39 is 0 Å². The highest BCUT2D eigenvalue weighted by molar-refractivity contribution is 5.94. The molecule has 0 fully saturated rings. The van der Waals surface area contributed by atoms with Crippen LogP contribution in [-0.4, -0.2) is 18.5 Å². The Hall–Kier alpha value is -2.82. The van der Waals surface area contributed by atoms with Crippen molar-refractivity contribution in [3.8, 4) is 0 Å². The lowest BCUT2D eigenvalue weighted by Gasteiger charge is -2.07. The van der Waals surface area contributed by atoms with Gasteiger partial charge in [0, 0.05) is 11.4 Å². The number of nitrogens with one attached hydrogen (secondary N) is 1. The molecule has 0 bridgehead atoms. The maximum absolute atomic E-state index is 12.0. The molecule has 5 nitrogen and oxygen atoms in total. The molecule has 114 valence electrons. The molecular weight excluding hydrogens is 280 g/mol. The summed E-state index contributed by atoms with van der Waals surface area (Å²) >= 11 is 0. The SMILES string of the molecule is CCOC(=O)c1ccc(NC(=O)Cc2cccc(N)c2)cc1. The summed E-state index contributed by atoms with van der Waals surface area (Å²) in [7, 11) is 0. The molecule has 0 spiro atoms. The Labute approximate surface area is 129 Å². The van der Waals surface area contributed by atoms with Crippen molar-refractivity contribution in [3.05, 3.63) is 59.7 Å². The number of amides is 1. The molecule has 0 heterocycles. The van der Waals surface area contributed by atoms with Crippen molar-refractivity contribution in [3.63, 3.8) is 0 Å². The number of carbonyl (C=O) groups is 2. The minimum atomic E-state index is -0.375. The average Bonchev–Trinajstić information content (AvgIpc) is 2.48. The first-order chi connectivity index (χ1) is 10.6. The van der Waals surface area contributed by atoms with E-state index in [4.69, 9.17) is 10.5 Å². The molecule has 0 unspecified atom stereocenters. The van der Waals surface area contributed by atoms with Crippen LogP contribution < -0.4 is 11.1 Å². The van der Waals surface area contributed by atoms with Crippen LogP contribution in [0.25, 0.3) is 0 Å². The number of carbonyl (C=O) groups excluding carboxylic acids is 2. The zero-order valence-corrected chi connectivity index (χ0v) is 12.3. The van der Waals surface area contributed by atoms with Crippen LogP contribution in [-0.2, 0) is 16.0 Å². The molecule has 5 heteroatoms. The third-order valence-corrected chi connectivity index (χ3v) is 3.00. The summed E-state index contributed by atoms with van der Waals surface area (Å²) in [6.45, 7) is 2.08. The molecule has 0 saturated heterocycles. The third-order valence-electron chi connectivity index (χ3n) is 3.00. The van der Waals surface area contributed by atoms with Crippen molar-refractivity contribution < 1.29 is 14.3 Å². The van der Waals surface area contributed by atoms with Gasteiger partial charge < -0.3 is 15.8 Å². The van der Waals surface area contributed by atoms with E-state index in [1.807, 2.05) is 12.1 Å². The van der Waals surface area contributed by atoms with E-state index in [0.717, 1.165) is 5.56 Å². The molecule has 0 aliphatic heterocycles. The number of nitrogen functional groups attached to an aromatic ring is 1. The first-order valence-electron chi connectivity index (χ1n) is 7.00. The zero-order valence-electron chi connectivity index (χ0n) is 12.3. The molecule has 0 atom stereocenters. The Morgan fingerprint density at radius 1 is 1.14 bits per heavy atom. The van der Waals surface area contributed by atoms with Gasteiger partial charge in [0.1, 0.15) is 0 Å². The van der Waals surface area contributed by atoms with Crippen LogP contribution in [0.5, 0.6) is 0 Å². The molecule has 2 aromatic carbocycles. The first-order valence-corrected chi connectivity index (χ1v) is 7.00. The number of rotatable bonds is 5. The number of ether oxygens (including phenoxy) is 1. The summed E-state index contributed by atoms with van der Waals surface area (Å²) in [5, 5.41) is 2.78. The topological polar surface area (TPSA) is 81.4 Å². The van der Waals surface area contributed by atoms with Crippen molar-refractivity contribution in [2.24, 2.45) is 0 Å². The molecule has 0 aliphatic rings. The van der Waals surface area contributed by atoms with Crippen LogP contribution in [0, 0.1) is 0 Å². The maximum atomic E-state index is 12.0. The number of benzene rings is 2. The third kappa shape index (κ3) is 4.34. The second kappa shape index (κ2) is 7.26. The number of esters is 1. The lowest BCUT2D eigenvalue weighted by Crippen LogP contribution is -2.14. The summed E-state index contributed by atoms with van der Waals surface area (Å²) in [6, 6.07) is 13.8. The molecule has 3 N–H and O–H groups in total. The Balaban J connectivity index is 1.95. The normalized spacial score (nSPS) is 10.0. The minimum absolute atomic E-state index is 0.144. The molecule has 2 rings (SSSR count). The second-order valence-electron chi connectivity index (χ2n) is 4.77. The molecular formula is C17H18N2O3. The van der Waals surface area contributed by atoms with E-state index >= 15 is 0 Å². The van der Waals surface area contributed by atoms with Gasteiger partial charge in [-0.3, -0.25) is 4.79 Å². The van der Waals surface area contributed by atoms with Crippen LogP contribution in [0.3, 0.4) is 0 Å². The Morgan fingerprint density at radius 3 is 2.50 bits per heavy atom. The van der Waals surface area contributed by atoms with Gasteiger partial charge in [-0.05, 0) is 48.9 Å². The monoisotopic (exact) mass is 298 g/mol. The summed E-state index contributed by atoms with van der Waals surface area (Å²) < 4.78 is 4.90. The highest BCUT2D eigenvalue weighted by Gasteiger charge is 2.08. The Bertz CT molecular complexity index is 666. The van der Waals surface area contributed by atoms with Crippen molar-refractivity contribution in [1.29, 1.82) is 0 Å². The van der Waals surface area contributed by atoms with Gasteiger partial charge in [0.15, 0.2) is 0 Å². The molecule has 1 amide bonds. The minimum Gasteiger partial charge on any atom is -0.462 e. The van der Waals surface area contributed by atoms with Crippen molar-refractivity contribution >= 4 is 23.3 Å². The predicted octanol–water partition coefficient (Wildman–Crippen LogP) is 2.63. The molecule has 0 radical (unpaired) electrons. The average molecular weight is 298 g/mol. The number of hydrogen-bond donors (Lipinski definition) is 2. The predicted molar refractivity (Wildman–Crippen MR) is 85.6 cm³/mol. The molecule has 0 aliphatic carbocycles. The zero-order chi connectivity index (χ0) is 15.9.